The van der Waals surface area contributed by atoms with E-state index in [2.05, 4.69) is 16.1 Å². The minimum absolute atomic E-state index is 0.150. The molecule has 0 saturated carbocycles. The molecule has 0 aliphatic rings. The van der Waals surface area contributed by atoms with Crippen LogP contribution in [-0.4, -0.2) is 38.1 Å². The van der Waals surface area contributed by atoms with Crippen LogP contribution < -0.4 is 0 Å². The van der Waals surface area contributed by atoms with Gasteiger partial charge in [-0.25, -0.2) is 13.2 Å². The van der Waals surface area contributed by atoms with Crippen LogP contribution in [0, 0.1) is 0 Å². The van der Waals surface area contributed by atoms with Gasteiger partial charge >= 0.3 is 12.1 Å². The molecule has 0 saturated heterocycles. The third kappa shape index (κ3) is 5.24. The van der Waals surface area contributed by atoms with E-state index in [-0.39, 0.29) is 13.2 Å². The van der Waals surface area contributed by atoms with Crippen molar-refractivity contribution in [3.8, 4) is 0 Å². The van der Waals surface area contributed by atoms with Crippen LogP contribution in [0.3, 0.4) is 0 Å². The van der Waals surface area contributed by atoms with Crippen LogP contribution in [0.5, 0.6) is 0 Å². The Morgan fingerprint density at radius 1 is 1.12 bits per heavy atom. The first kappa shape index (κ1) is 15.1. The quantitative estimate of drug-likeness (QED) is 0.394. The summed E-state index contributed by atoms with van der Waals surface area (Å²) < 4.78 is 80.8. The van der Waals surface area contributed by atoms with Crippen molar-refractivity contribution in [1.82, 2.24) is 0 Å². The van der Waals surface area contributed by atoms with Gasteiger partial charge in [0.05, 0.1) is 12.9 Å². The Labute approximate surface area is 87.8 Å². The van der Waals surface area contributed by atoms with Crippen LogP contribution in [0.2, 0.25) is 0 Å². The molecule has 96 valence electrons. The topological polar surface area (TPSA) is 18.5 Å². The summed E-state index contributed by atoms with van der Waals surface area (Å²) in [6.07, 6.45) is -8.83. The highest BCUT2D eigenvalue weighted by molar-refractivity contribution is 4.82. The zero-order valence-electron chi connectivity index (χ0n) is 8.07. The summed E-state index contributed by atoms with van der Waals surface area (Å²) in [6, 6.07) is 0. The van der Waals surface area contributed by atoms with Gasteiger partial charge in [0.1, 0.15) is 13.2 Å². The molecule has 0 spiro atoms. The average Bonchev–Trinajstić information content (AvgIpc) is 2.15. The van der Waals surface area contributed by atoms with Crippen LogP contribution in [0.25, 0.3) is 0 Å². The predicted octanol–water partition coefficient (Wildman–Crippen LogP) is 2.70. The summed E-state index contributed by atoms with van der Waals surface area (Å²) in [5, 5.41) is 0. The van der Waals surface area contributed by atoms with E-state index in [1.165, 1.54) is 0 Å². The Morgan fingerprint density at radius 3 is 2.12 bits per heavy atom. The molecule has 1 atom stereocenters. The summed E-state index contributed by atoms with van der Waals surface area (Å²) in [5.74, 6) is -4.60. The van der Waals surface area contributed by atoms with E-state index in [1.54, 1.807) is 0 Å². The maximum atomic E-state index is 12.5. The minimum Gasteiger partial charge on any atom is -0.499 e. The molecule has 8 heteroatoms. The maximum absolute atomic E-state index is 12.5. The normalized spacial score (nSPS) is 14.6. The highest BCUT2D eigenvalue weighted by Crippen LogP contribution is 2.34. The van der Waals surface area contributed by atoms with E-state index < -0.39 is 24.9 Å². The molecule has 0 fully saturated rings. The summed E-state index contributed by atoms with van der Waals surface area (Å²) >= 11 is 0. The molecule has 0 aromatic carbocycles. The fourth-order valence-electron chi connectivity index (χ4n) is 0.711. The molecule has 1 unspecified atom stereocenters. The second-order valence-corrected chi connectivity index (χ2v) is 2.76. The third-order valence-electron chi connectivity index (χ3n) is 1.42. The molecule has 0 aliphatic carbocycles. The molecule has 0 rings (SSSR count). The van der Waals surface area contributed by atoms with Crippen molar-refractivity contribution in [3.63, 3.8) is 0 Å². The van der Waals surface area contributed by atoms with Crippen molar-refractivity contribution in [2.45, 2.75) is 18.3 Å². The fraction of sp³-hybridized carbons (Fsp3) is 0.750. The Bertz CT molecular complexity index is 215. The predicted molar refractivity (Wildman–Crippen MR) is 42.9 cm³/mol. The number of hydrogen-bond donors (Lipinski definition) is 0. The molecule has 0 N–H and O–H groups in total. The van der Waals surface area contributed by atoms with Crippen LogP contribution in [-0.2, 0) is 9.47 Å². The number of rotatable bonds is 7. The number of hydrogen-bond acceptors (Lipinski definition) is 2. The van der Waals surface area contributed by atoms with Crippen molar-refractivity contribution < 1.29 is 35.8 Å². The first-order valence-corrected chi connectivity index (χ1v) is 4.10. The Kier molecular flexibility index (Phi) is 5.63. The van der Waals surface area contributed by atoms with E-state index in [9.17, 15) is 26.3 Å². The number of alkyl halides is 6. The molecule has 0 radical (unpaired) electrons. The molecule has 2 nitrogen and oxygen atoms in total. The highest BCUT2D eigenvalue weighted by atomic mass is 19.4. The van der Waals surface area contributed by atoms with Crippen molar-refractivity contribution in [2.75, 3.05) is 19.8 Å². The SMILES string of the molecule is C=COCCOCC(F)(F)C(F)C(F)(F)F. The van der Waals surface area contributed by atoms with Gasteiger partial charge in [-0.3, -0.25) is 0 Å². The standard InChI is InChI=1S/C8H10F6O2/c1-2-15-3-4-16-5-7(10,11)6(9)8(12,13)14/h2,6H,1,3-5H2. The summed E-state index contributed by atoms with van der Waals surface area (Å²) in [5.41, 5.74) is 0. The second-order valence-electron chi connectivity index (χ2n) is 2.76. The molecule has 0 amide bonds. The number of halogens is 6. The van der Waals surface area contributed by atoms with Gasteiger partial charge in [-0.2, -0.15) is 13.2 Å². The zero-order chi connectivity index (χ0) is 12.8. The average molecular weight is 252 g/mol. The molecule has 0 heterocycles. The monoisotopic (exact) mass is 252 g/mol. The smallest absolute Gasteiger partial charge is 0.425 e. The van der Waals surface area contributed by atoms with E-state index in [0.29, 0.717) is 0 Å². The van der Waals surface area contributed by atoms with Gasteiger partial charge in [-0.15, -0.1) is 0 Å². The van der Waals surface area contributed by atoms with E-state index in [1.807, 2.05) is 0 Å². The summed E-state index contributed by atoms with van der Waals surface area (Å²) in [6.45, 7) is 0.941. The van der Waals surface area contributed by atoms with Gasteiger partial charge in [0.15, 0.2) is 0 Å². The van der Waals surface area contributed by atoms with Gasteiger partial charge in [-0.05, 0) is 0 Å². The first-order chi connectivity index (χ1) is 7.22. The van der Waals surface area contributed by atoms with Gasteiger partial charge in [0.2, 0.25) is 0 Å². The second kappa shape index (κ2) is 5.97. The molecular weight excluding hydrogens is 242 g/mol. The van der Waals surface area contributed by atoms with Crippen molar-refractivity contribution in [1.29, 1.82) is 0 Å². The van der Waals surface area contributed by atoms with Crippen molar-refractivity contribution in [2.24, 2.45) is 0 Å². The lowest BCUT2D eigenvalue weighted by Crippen LogP contribution is -2.44. The van der Waals surface area contributed by atoms with Crippen molar-refractivity contribution >= 4 is 0 Å². The fourth-order valence-corrected chi connectivity index (χ4v) is 0.711. The van der Waals surface area contributed by atoms with E-state index >= 15 is 0 Å². The Hall–Kier alpha value is -0.920. The van der Waals surface area contributed by atoms with Gasteiger partial charge in [0, 0.05) is 0 Å². The van der Waals surface area contributed by atoms with Gasteiger partial charge in [-0.1, -0.05) is 6.58 Å². The molecule has 0 aromatic heterocycles. The van der Waals surface area contributed by atoms with Gasteiger partial charge in [0.25, 0.3) is 6.17 Å². The third-order valence-corrected chi connectivity index (χ3v) is 1.42. The van der Waals surface area contributed by atoms with Crippen LogP contribution in [0.4, 0.5) is 26.3 Å². The van der Waals surface area contributed by atoms with Crippen molar-refractivity contribution in [3.05, 3.63) is 12.8 Å². The largest absolute Gasteiger partial charge is 0.499 e. The van der Waals surface area contributed by atoms with E-state index in [0.717, 1.165) is 6.26 Å². The molecule has 0 aromatic rings. The van der Waals surface area contributed by atoms with Crippen LogP contribution in [0.1, 0.15) is 0 Å². The summed E-state index contributed by atoms with van der Waals surface area (Å²) in [4.78, 5) is 0. The maximum Gasteiger partial charge on any atom is 0.425 e. The highest BCUT2D eigenvalue weighted by Gasteiger charge is 2.56. The lowest BCUT2D eigenvalue weighted by atomic mass is 10.2. The number of ether oxygens (including phenoxy) is 2. The molecule has 16 heavy (non-hydrogen) atoms. The summed E-state index contributed by atoms with van der Waals surface area (Å²) in [7, 11) is 0. The lowest BCUT2D eigenvalue weighted by molar-refractivity contribution is -0.255. The Morgan fingerprint density at radius 2 is 1.69 bits per heavy atom. The molecule has 0 bridgehead atoms. The molecular formula is C8H10F6O2. The van der Waals surface area contributed by atoms with E-state index in [4.69, 9.17) is 0 Å². The van der Waals surface area contributed by atoms with Gasteiger partial charge < -0.3 is 9.47 Å². The van der Waals surface area contributed by atoms with Crippen LogP contribution >= 0.6 is 0 Å². The Balaban J connectivity index is 3.99. The lowest BCUT2D eigenvalue weighted by Gasteiger charge is -2.22. The zero-order valence-corrected chi connectivity index (χ0v) is 8.07. The minimum atomic E-state index is -5.61. The van der Waals surface area contributed by atoms with Crippen LogP contribution in [0.15, 0.2) is 12.8 Å². The molecule has 0 aliphatic heterocycles. The first-order valence-electron chi connectivity index (χ1n) is 4.10.